The fourth-order valence-electron chi connectivity index (χ4n) is 2.17. The van der Waals surface area contributed by atoms with Gasteiger partial charge in [-0.25, -0.2) is 0 Å². The van der Waals surface area contributed by atoms with Crippen molar-refractivity contribution in [2.75, 3.05) is 16.4 Å². The minimum atomic E-state index is -0.179. The number of amides is 2. The van der Waals surface area contributed by atoms with Crippen LogP contribution in [0.4, 0.5) is 11.4 Å². The molecular weight excluding hydrogens is 388 g/mol. The number of hydrogen-bond donors (Lipinski definition) is 2. The highest BCUT2D eigenvalue weighted by Crippen LogP contribution is 2.26. The normalized spacial score (nSPS) is 10.3. The zero-order chi connectivity index (χ0) is 17.5. The predicted octanol–water partition coefficient (Wildman–Crippen LogP) is 4.59. The largest absolute Gasteiger partial charge is 0.325 e. The molecule has 2 aromatic rings. The summed E-state index contributed by atoms with van der Waals surface area (Å²) in [7, 11) is 0. The molecule has 126 valence electrons. The second kappa shape index (κ2) is 8.89. The van der Waals surface area contributed by atoms with Crippen LogP contribution in [-0.4, -0.2) is 17.6 Å². The van der Waals surface area contributed by atoms with Gasteiger partial charge in [0.05, 0.1) is 17.1 Å². The summed E-state index contributed by atoms with van der Waals surface area (Å²) in [5.74, 6) is 0.852. The third-order valence-electron chi connectivity index (χ3n) is 3.15. The smallest absolute Gasteiger partial charge is 0.234 e. The zero-order valence-electron chi connectivity index (χ0n) is 13.6. The Morgan fingerprint density at radius 3 is 2.58 bits per heavy atom. The van der Waals surface area contributed by atoms with E-state index in [1.807, 2.05) is 12.1 Å². The summed E-state index contributed by atoms with van der Waals surface area (Å²) >= 11 is 4.93. The molecule has 2 N–H and O–H groups in total. The van der Waals surface area contributed by atoms with E-state index in [4.69, 9.17) is 0 Å². The van der Waals surface area contributed by atoms with Crippen LogP contribution in [0.5, 0.6) is 0 Å². The van der Waals surface area contributed by atoms with Gasteiger partial charge >= 0.3 is 0 Å². The summed E-state index contributed by atoms with van der Waals surface area (Å²) in [5, 5.41) is 5.56. The number of rotatable bonds is 6. The van der Waals surface area contributed by atoms with Crippen LogP contribution < -0.4 is 10.6 Å². The Balaban J connectivity index is 1.92. The molecule has 0 aromatic heterocycles. The van der Waals surface area contributed by atoms with E-state index >= 15 is 0 Å². The number of benzene rings is 2. The van der Waals surface area contributed by atoms with E-state index in [9.17, 15) is 9.59 Å². The highest BCUT2D eigenvalue weighted by Gasteiger charge is 2.09. The second-order valence-corrected chi connectivity index (χ2v) is 7.30. The first-order valence-electron chi connectivity index (χ1n) is 7.44. The minimum Gasteiger partial charge on any atom is -0.325 e. The van der Waals surface area contributed by atoms with E-state index in [-0.39, 0.29) is 11.8 Å². The van der Waals surface area contributed by atoms with Crippen LogP contribution in [0.1, 0.15) is 18.1 Å². The summed E-state index contributed by atoms with van der Waals surface area (Å²) in [6.45, 7) is 3.49. The van der Waals surface area contributed by atoms with Crippen LogP contribution in [-0.2, 0) is 15.3 Å². The van der Waals surface area contributed by atoms with Crippen molar-refractivity contribution in [3.63, 3.8) is 0 Å². The summed E-state index contributed by atoms with van der Waals surface area (Å²) < 4.78 is 0.833. The molecule has 0 spiro atoms. The van der Waals surface area contributed by atoms with Crippen LogP contribution in [0.3, 0.4) is 0 Å². The average molecular weight is 407 g/mol. The molecule has 6 heteroatoms. The van der Waals surface area contributed by atoms with Gasteiger partial charge in [-0.3, -0.25) is 9.59 Å². The summed E-state index contributed by atoms with van der Waals surface area (Å²) in [6, 6.07) is 13.6. The lowest BCUT2D eigenvalue weighted by molar-refractivity contribution is -0.115. The molecule has 2 aromatic carbocycles. The lowest BCUT2D eigenvalue weighted by Crippen LogP contribution is -2.16. The molecule has 0 radical (unpaired) electrons. The van der Waals surface area contributed by atoms with E-state index in [1.54, 1.807) is 23.9 Å². The number of thioether (sulfide) groups is 1. The topological polar surface area (TPSA) is 58.2 Å². The maximum atomic E-state index is 12.2. The van der Waals surface area contributed by atoms with Crippen LogP contribution >= 0.6 is 27.7 Å². The number of aryl methyl sites for hydroxylation is 1. The molecule has 0 saturated heterocycles. The van der Waals surface area contributed by atoms with Crippen LogP contribution in [0.2, 0.25) is 0 Å². The Labute approximate surface area is 154 Å². The Morgan fingerprint density at radius 1 is 1.08 bits per heavy atom. The van der Waals surface area contributed by atoms with Gasteiger partial charge < -0.3 is 10.6 Å². The second-order valence-electron chi connectivity index (χ2n) is 5.40. The fourth-order valence-corrected chi connectivity index (χ4v) is 3.30. The quantitative estimate of drug-likeness (QED) is 0.737. The molecule has 0 fully saturated rings. The van der Waals surface area contributed by atoms with E-state index in [2.05, 4.69) is 51.7 Å². The van der Waals surface area contributed by atoms with Crippen molar-refractivity contribution in [3.8, 4) is 0 Å². The molecule has 0 aliphatic rings. The monoisotopic (exact) mass is 406 g/mol. The van der Waals surface area contributed by atoms with Gasteiger partial charge in [0.25, 0.3) is 0 Å². The summed E-state index contributed by atoms with van der Waals surface area (Å²) in [6.07, 6.45) is 0. The number of halogens is 1. The average Bonchev–Trinajstić information content (AvgIpc) is 2.50. The van der Waals surface area contributed by atoms with Crippen molar-refractivity contribution in [1.82, 2.24) is 0 Å². The molecule has 0 aliphatic heterocycles. The number of hydrogen-bond acceptors (Lipinski definition) is 3. The Hall–Kier alpha value is -1.79. The molecule has 4 nitrogen and oxygen atoms in total. The number of carbonyl (C=O) groups is 2. The van der Waals surface area contributed by atoms with Gasteiger partial charge in [0.15, 0.2) is 0 Å². The SMILES string of the molecule is CC(=O)Nc1ccc(Br)cc1NC(=O)CSCc1cccc(C)c1. The molecule has 0 aliphatic carbocycles. The first kappa shape index (κ1) is 18.5. The summed E-state index contributed by atoms with van der Waals surface area (Å²) in [4.78, 5) is 23.4. The van der Waals surface area contributed by atoms with Crippen molar-refractivity contribution in [1.29, 1.82) is 0 Å². The van der Waals surface area contributed by atoms with Crippen molar-refractivity contribution >= 4 is 50.9 Å². The van der Waals surface area contributed by atoms with Gasteiger partial charge in [0.2, 0.25) is 11.8 Å². The summed E-state index contributed by atoms with van der Waals surface area (Å²) in [5.41, 5.74) is 3.59. The van der Waals surface area contributed by atoms with E-state index < -0.39 is 0 Å². The first-order chi connectivity index (χ1) is 11.4. The van der Waals surface area contributed by atoms with Gasteiger partial charge in [-0.2, -0.15) is 0 Å². The van der Waals surface area contributed by atoms with Crippen molar-refractivity contribution in [2.24, 2.45) is 0 Å². The number of carbonyl (C=O) groups excluding carboxylic acids is 2. The highest BCUT2D eigenvalue weighted by molar-refractivity contribution is 9.10. The molecule has 0 saturated carbocycles. The molecular formula is C18H19BrN2O2S. The van der Waals surface area contributed by atoms with E-state index in [0.717, 1.165) is 10.2 Å². The maximum Gasteiger partial charge on any atom is 0.234 e. The number of nitrogens with one attached hydrogen (secondary N) is 2. The molecule has 0 unspecified atom stereocenters. The Bertz CT molecular complexity index is 750. The van der Waals surface area contributed by atoms with E-state index in [0.29, 0.717) is 17.1 Å². The van der Waals surface area contributed by atoms with Gasteiger partial charge in [0.1, 0.15) is 0 Å². The van der Waals surface area contributed by atoms with Crippen molar-refractivity contribution < 1.29 is 9.59 Å². The van der Waals surface area contributed by atoms with Gasteiger partial charge in [0, 0.05) is 17.1 Å². The Morgan fingerprint density at radius 2 is 1.88 bits per heavy atom. The zero-order valence-corrected chi connectivity index (χ0v) is 16.0. The Kier molecular flexibility index (Phi) is 6.87. The first-order valence-corrected chi connectivity index (χ1v) is 9.39. The molecule has 2 amide bonds. The molecule has 0 bridgehead atoms. The van der Waals surface area contributed by atoms with Crippen LogP contribution in [0.15, 0.2) is 46.9 Å². The maximum absolute atomic E-state index is 12.2. The third kappa shape index (κ3) is 6.02. The molecule has 24 heavy (non-hydrogen) atoms. The fraction of sp³-hybridized carbons (Fsp3) is 0.222. The van der Waals surface area contributed by atoms with Gasteiger partial charge in [-0.1, -0.05) is 45.8 Å². The molecule has 2 rings (SSSR count). The highest BCUT2D eigenvalue weighted by atomic mass is 79.9. The van der Waals surface area contributed by atoms with Crippen LogP contribution in [0.25, 0.3) is 0 Å². The molecule has 0 atom stereocenters. The molecule has 0 heterocycles. The predicted molar refractivity (Wildman–Crippen MR) is 104 cm³/mol. The lowest BCUT2D eigenvalue weighted by Gasteiger charge is -2.12. The lowest BCUT2D eigenvalue weighted by atomic mass is 10.2. The van der Waals surface area contributed by atoms with Gasteiger partial charge in [-0.05, 0) is 30.7 Å². The third-order valence-corrected chi connectivity index (χ3v) is 4.65. The standard InChI is InChI=1S/C18H19BrN2O2S/c1-12-4-3-5-14(8-12)10-24-11-18(23)21-17-9-15(19)6-7-16(17)20-13(2)22/h3-9H,10-11H2,1-2H3,(H,20,22)(H,21,23). The van der Waals surface area contributed by atoms with Crippen molar-refractivity contribution in [3.05, 3.63) is 58.1 Å². The van der Waals surface area contributed by atoms with Gasteiger partial charge in [-0.15, -0.1) is 11.8 Å². The minimum absolute atomic E-state index is 0.0997. The number of anilines is 2. The van der Waals surface area contributed by atoms with E-state index in [1.165, 1.54) is 18.1 Å². The van der Waals surface area contributed by atoms with Crippen LogP contribution in [0, 0.1) is 6.92 Å². The van der Waals surface area contributed by atoms with Crippen molar-refractivity contribution in [2.45, 2.75) is 19.6 Å².